The lowest BCUT2D eigenvalue weighted by Crippen LogP contribution is -2.29. The molecule has 0 aromatic rings. The molecule has 0 saturated carbocycles. The zero-order valence-corrected chi connectivity index (χ0v) is 39.8. The molecule has 0 aromatic heterocycles. The molecule has 14 nitrogen and oxygen atoms in total. The largest absolute Gasteiger partial charge is 0.472 e. The fraction of sp³-hybridized carbons (Fsp3) is 0.583. The molecule has 0 aromatic carbocycles. The fourth-order valence-electron chi connectivity index (χ4n) is 5.58. The summed E-state index contributed by atoms with van der Waals surface area (Å²) >= 11 is 0. The average molecular weight is 939 g/mol. The molecule has 1 aliphatic heterocycles. The Balaban J connectivity index is 2.41. The third kappa shape index (κ3) is 39.1. The fourth-order valence-corrected chi connectivity index (χ4v) is 6.74. The highest BCUT2D eigenvalue weighted by molar-refractivity contribution is 7.47. The molecule has 1 aliphatic rings. The lowest BCUT2D eigenvalue weighted by molar-refractivity contribution is -0.161. The maximum absolute atomic E-state index is 12.7. The molecule has 16 heteroatoms. The van der Waals surface area contributed by atoms with Gasteiger partial charge in [0.1, 0.15) is 12.7 Å². The van der Waals surface area contributed by atoms with Crippen LogP contribution in [0.25, 0.3) is 0 Å². The van der Waals surface area contributed by atoms with Crippen molar-refractivity contribution in [3.8, 4) is 0 Å². The van der Waals surface area contributed by atoms with E-state index in [1.54, 1.807) is 0 Å². The Morgan fingerprint density at radius 1 is 0.531 bits per heavy atom. The summed E-state index contributed by atoms with van der Waals surface area (Å²) < 4.78 is 53.4. The number of hydrogen-bond acceptors (Lipinski definition) is 11. The SMILES string of the molecule is CC/C=C\C/C=C\C/C=C\C/C=C\CCCCCCC(=O)O[C@H](COC(=O)CC/C=C\C/C=C\C/C=C\C/C=C\CC1OC1C/C=C\CC)COP(=O)(O)OC[C@@H](O)COP(=O)(O)O. The first-order valence-corrected chi connectivity index (χ1v) is 25.7. The van der Waals surface area contributed by atoms with Gasteiger partial charge in [-0.1, -0.05) is 136 Å². The first kappa shape index (κ1) is 58.8. The van der Waals surface area contributed by atoms with Crippen LogP contribution in [0.1, 0.15) is 129 Å². The number of ether oxygens (including phenoxy) is 3. The Morgan fingerprint density at radius 2 is 0.984 bits per heavy atom. The quantitative estimate of drug-likeness (QED) is 0.0148. The molecular formula is C48H76O14P2. The minimum atomic E-state index is -4.88. The number of aliphatic hydroxyl groups is 1. The van der Waals surface area contributed by atoms with Crippen LogP contribution in [-0.2, 0) is 46.5 Å². The van der Waals surface area contributed by atoms with Gasteiger partial charge in [-0.2, -0.15) is 0 Å². The number of allylic oxidation sites excluding steroid dienone is 16. The minimum absolute atomic E-state index is 0.0541. The van der Waals surface area contributed by atoms with Crippen molar-refractivity contribution in [3.05, 3.63) is 109 Å². The molecule has 0 radical (unpaired) electrons. The number of phosphoric ester groups is 2. The van der Waals surface area contributed by atoms with E-state index in [1.807, 2.05) is 18.2 Å². The standard InChI is InChI=1S/C48H76O14P2/c1-3-5-7-8-9-10-11-12-13-14-15-16-21-24-27-30-34-38-48(51)61-44(42-60-64(55,56)59-40-43(49)39-58-63(52,53)54)41-57-47(50)37-33-29-26-23-20-18-17-19-22-25-28-32-36-46-45(62-46)35-31-6-4-2/h5-7,9-10,12-13,15-16,18-20,22,26,28-29,31-32,43-46,49H,3-4,8,11,14,17,21,23-25,27,30,33-42H2,1-2H3,(H,55,56)(H2,52,53,54)/b7-5-,10-9-,13-12-,16-15-,20-18-,22-19-,29-26-,31-6-,32-28-/t43-,44+,45?,46?/m0/s1. The van der Waals surface area contributed by atoms with Gasteiger partial charge in [0.15, 0.2) is 6.10 Å². The summed E-state index contributed by atoms with van der Waals surface area (Å²) in [6.07, 6.45) is 49.9. The van der Waals surface area contributed by atoms with Crippen molar-refractivity contribution in [1.29, 1.82) is 0 Å². The van der Waals surface area contributed by atoms with Crippen LogP contribution in [0.4, 0.5) is 0 Å². The van der Waals surface area contributed by atoms with Crippen LogP contribution in [0.5, 0.6) is 0 Å². The van der Waals surface area contributed by atoms with Crippen LogP contribution in [-0.4, -0.2) is 82.6 Å². The molecule has 0 aliphatic carbocycles. The molecule has 3 unspecified atom stereocenters. The smallest absolute Gasteiger partial charge is 0.462 e. The van der Waals surface area contributed by atoms with Gasteiger partial charge in [0, 0.05) is 12.8 Å². The van der Waals surface area contributed by atoms with E-state index in [4.69, 9.17) is 28.5 Å². The number of carbonyl (C=O) groups is 2. The van der Waals surface area contributed by atoms with Crippen LogP contribution in [0.15, 0.2) is 109 Å². The van der Waals surface area contributed by atoms with Gasteiger partial charge < -0.3 is 34.0 Å². The number of unbranched alkanes of at least 4 members (excludes halogenated alkanes) is 4. The second-order valence-corrected chi connectivity index (χ2v) is 17.6. The van der Waals surface area contributed by atoms with Crippen LogP contribution in [0, 0.1) is 0 Å². The summed E-state index contributed by atoms with van der Waals surface area (Å²) in [4.78, 5) is 52.8. The molecular weight excluding hydrogens is 862 g/mol. The maximum Gasteiger partial charge on any atom is 0.472 e. The highest BCUT2D eigenvalue weighted by Gasteiger charge is 2.36. The summed E-state index contributed by atoms with van der Waals surface area (Å²) in [7, 11) is -9.72. The van der Waals surface area contributed by atoms with Crippen LogP contribution in [0.2, 0.25) is 0 Å². The van der Waals surface area contributed by atoms with Gasteiger partial charge >= 0.3 is 27.6 Å². The molecule has 0 amide bonds. The molecule has 0 bridgehead atoms. The van der Waals surface area contributed by atoms with E-state index < -0.39 is 66.2 Å². The molecule has 4 N–H and O–H groups in total. The van der Waals surface area contributed by atoms with Crippen molar-refractivity contribution in [2.24, 2.45) is 0 Å². The molecule has 5 atom stereocenters. The van der Waals surface area contributed by atoms with Crippen LogP contribution in [0.3, 0.4) is 0 Å². The van der Waals surface area contributed by atoms with Crippen molar-refractivity contribution in [2.45, 2.75) is 154 Å². The Labute approximate surface area is 382 Å². The van der Waals surface area contributed by atoms with Crippen molar-refractivity contribution >= 4 is 27.6 Å². The number of epoxide rings is 1. The Kier molecular flexibility index (Phi) is 35.8. The van der Waals surface area contributed by atoms with Gasteiger partial charge in [-0.3, -0.25) is 23.2 Å². The van der Waals surface area contributed by atoms with Crippen LogP contribution < -0.4 is 0 Å². The monoisotopic (exact) mass is 938 g/mol. The van der Waals surface area contributed by atoms with E-state index in [1.165, 1.54) is 0 Å². The van der Waals surface area contributed by atoms with Gasteiger partial charge in [0.05, 0.1) is 32.0 Å². The summed E-state index contributed by atoms with van der Waals surface area (Å²) in [5.74, 6) is -1.17. The first-order valence-electron chi connectivity index (χ1n) is 22.7. The number of rotatable bonds is 40. The van der Waals surface area contributed by atoms with Gasteiger partial charge in [-0.15, -0.1) is 0 Å². The number of phosphoric acid groups is 2. The van der Waals surface area contributed by atoms with E-state index in [0.29, 0.717) is 31.5 Å². The summed E-state index contributed by atoms with van der Waals surface area (Å²) in [6.45, 7) is 1.39. The Morgan fingerprint density at radius 3 is 1.55 bits per heavy atom. The second-order valence-electron chi connectivity index (χ2n) is 14.9. The third-order valence-electron chi connectivity index (χ3n) is 9.06. The normalized spacial score (nSPS) is 18.1. The number of esters is 2. The number of hydrogen-bond donors (Lipinski definition) is 4. The van der Waals surface area contributed by atoms with Crippen molar-refractivity contribution in [2.75, 3.05) is 26.4 Å². The first-order chi connectivity index (χ1) is 30.8. The zero-order valence-electron chi connectivity index (χ0n) is 38.0. The maximum atomic E-state index is 12.7. The predicted molar refractivity (Wildman–Crippen MR) is 252 cm³/mol. The van der Waals surface area contributed by atoms with Crippen molar-refractivity contribution in [3.63, 3.8) is 0 Å². The number of carbonyl (C=O) groups excluding carboxylic acids is 2. The molecule has 64 heavy (non-hydrogen) atoms. The van der Waals surface area contributed by atoms with Crippen molar-refractivity contribution in [1.82, 2.24) is 0 Å². The highest BCUT2D eigenvalue weighted by atomic mass is 31.2. The second kappa shape index (κ2) is 39.0. The van der Waals surface area contributed by atoms with Gasteiger partial charge in [-0.05, 0) is 89.9 Å². The van der Waals surface area contributed by atoms with E-state index in [0.717, 1.165) is 83.5 Å². The summed E-state index contributed by atoms with van der Waals surface area (Å²) in [5.41, 5.74) is 0. The van der Waals surface area contributed by atoms with E-state index >= 15 is 0 Å². The lowest BCUT2D eigenvalue weighted by Gasteiger charge is -2.20. The third-order valence-corrected chi connectivity index (χ3v) is 10.5. The highest BCUT2D eigenvalue weighted by Crippen LogP contribution is 2.44. The van der Waals surface area contributed by atoms with Gasteiger partial charge in [0.25, 0.3) is 0 Å². The van der Waals surface area contributed by atoms with Crippen LogP contribution >= 0.6 is 15.6 Å². The van der Waals surface area contributed by atoms with E-state index in [9.17, 15) is 28.7 Å². The zero-order chi connectivity index (χ0) is 47.0. The van der Waals surface area contributed by atoms with Crippen molar-refractivity contribution < 1.29 is 66.3 Å². The van der Waals surface area contributed by atoms with Gasteiger partial charge in [0.2, 0.25) is 0 Å². The molecule has 0 spiro atoms. The van der Waals surface area contributed by atoms with E-state index in [-0.39, 0.29) is 12.8 Å². The summed E-state index contributed by atoms with van der Waals surface area (Å²) in [6, 6.07) is 0. The Bertz CT molecular complexity index is 1610. The molecule has 1 fully saturated rings. The molecule has 1 rings (SSSR count). The predicted octanol–water partition coefficient (Wildman–Crippen LogP) is 10.9. The minimum Gasteiger partial charge on any atom is -0.462 e. The van der Waals surface area contributed by atoms with Gasteiger partial charge in [-0.25, -0.2) is 9.13 Å². The topological polar surface area (TPSA) is 208 Å². The Hall–Kier alpha value is -3.26. The van der Waals surface area contributed by atoms with E-state index in [2.05, 4.69) is 114 Å². The number of aliphatic hydroxyl groups excluding tert-OH is 1. The summed E-state index contributed by atoms with van der Waals surface area (Å²) in [5, 5.41) is 9.76. The molecule has 362 valence electrons. The lowest BCUT2D eigenvalue weighted by atomic mass is 10.1. The molecule has 1 saturated heterocycles. The average Bonchev–Trinajstić information content (AvgIpc) is 4.01. The molecule has 1 heterocycles.